The number of aryl methyl sites for hydroxylation is 1. The topological polar surface area (TPSA) is 73.2 Å². The molecule has 26 heavy (non-hydrogen) atoms. The molecular formula is C20H25N3O3. The van der Waals surface area contributed by atoms with Gasteiger partial charge in [0.1, 0.15) is 12.3 Å². The van der Waals surface area contributed by atoms with Crippen molar-refractivity contribution < 1.29 is 14.3 Å². The Balaban J connectivity index is 1.58. The van der Waals surface area contributed by atoms with Crippen LogP contribution in [0.4, 0.5) is 0 Å². The summed E-state index contributed by atoms with van der Waals surface area (Å²) in [6.07, 6.45) is 1.80. The number of nitrogens with zero attached hydrogens (tertiary/aromatic N) is 2. The van der Waals surface area contributed by atoms with E-state index >= 15 is 0 Å². The second-order valence-corrected chi connectivity index (χ2v) is 6.88. The van der Waals surface area contributed by atoms with E-state index < -0.39 is 0 Å². The van der Waals surface area contributed by atoms with E-state index in [9.17, 15) is 9.59 Å². The quantitative estimate of drug-likeness (QED) is 0.836. The first kappa shape index (κ1) is 18.2. The molecule has 138 valence electrons. The van der Waals surface area contributed by atoms with Gasteiger partial charge in [0.2, 0.25) is 5.91 Å². The second kappa shape index (κ2) is 7.72. The maximum Gasteiger partial charge on any atom is 0.241 e. The Hall–Kier alpha value is -2.63. The summed E-state index contributed by atoms with van der Waals surface area (Å²) < 4.78 is 7.38. The van der Waals surface area contributed by atoms with Gasteiger partial charge in [0.25, 0.3) is 0 Å². The number of nitrogens with one attached hydrogen (secondary N) is 1. The van der Waals surface area contributed by atoms with Gasteiger partial charge >= 0.3 is 0 Å². The Morgan fingerprint density at radius 3 is 2.81 bits per heavy atom. The van der Waals surface area contributed by atoms with Crippen molar-refractivity contribution in [1.82, 2.24) is 15.1 Å². The highest BCUT2D eigenvalue weighted by atomic mass is 16.5. The largest absolute Gasteiger partial charge is 0.493 e. The lowest BCUT2D eigenvalue weighted by Gasteiger charge is -2.15. The van der Waals surface area contributed by atoms with Crippen LogP contribution in [0, 0.1) is 19.8 Å². The SMILES string of the molecule is CC(=O)c1c(C)nn(CC(=O)NCC2CCOc3ccccc3C2)c1C. The summed E-state index contributed by atoms with van der Waals surface area (Å²) in [5, 5.41) is 7.33. The van der Waals surface area contributed by atoms with Crippen LogP contribution in [0.25, 0.3) is 0 Å². The first-order valence-corrected chi connectivity index (χ1v) is 8.98. The third kappa shape index (κ3) is 3.95. The molecule has 1 N–H and O–H groups in total. The smallest absolute Gasteiger partial charge is 0.241 e. The number of carbonyl (C=O) groups excluding carboxylic acids is 2. The minimum absolute atomic E-state index is 0.0243. The van der Waals surface area contributed by atoms with Crippen LogP contribution in [0.15, 0.2) is 24.3 Å². The molecule has 1 aliphatic rings. The van der Waals surface area contributed by atoms with Crippen molar-refractivity contribution in [3.8, 4) is 5.75 Å². The standard InChI is InChI=1S/C20H25N3O3/c1-13-20(15(3)24)14(2)23(22-13)12-19(25)21-11-16-8-9-26-18-7-5-4-6-17(18)10-16/h4-7,16H,8-12H2,1-3H3,(H,21,25). The van der Waals surface area contributed by atoms with E-state index in [-0.39, 0.29) is 18.2 Å². The Labute approximate surface area is 153 Å². The van der Waals surface area contributed by atoms with Gasteiger partial charge in [0.15, 0.2) is 5.78 Å². The molecule has 1 amide bonds. The molecule has 0 saturated carbocycles. The van der Waals surface area contributed by atoms with Gasteiger partial charge in [-0.3, -0.25) is 14.3 Å². The van der Waals surface area contributed by atoms with Gasteiger partial charge in [-0.1, -0.05) is 18.2 Å². The number of amides is 1. The van der Waals surface area contributed by atoms with E-state index in [1.165, 1.54) is 12.5 Å². The number of ketones is 1. The average Bonchev–Trinajstić information content (AvgIpc) is 2.77. The normalized spacial score (nSPS) is 16.3. The summed E-state index contributed by atoms with van der Waals surface area (Å²) in [6.45, 7) is 6.53. The summed E-state index contributed by atoms with van der Waals surface area (Å²) in [5.74, 6) is 1.17. The van der Waals surface area contributed by atoms with Crippen LogP contribution in [-0.4, -0.2) is 34.6 Å². The van der Waals surface area contributed by atoms with Gasteiger partial charge in [-0.25, -0.2) is 0 Å². The predicted molar refractivity (Wildman–Crippen MR) is 98.5 cm³/mol. The molecule has 1 atom stereocenters. The van der Waals surface area contributed by atoms with Crippen molar-refractivity contribution >= 4 is 11.7 Å². The minimum atomic E-state index is -0.0934. The molecule has 0 spiro atoms. The summed E-state index contributed by atoms with van der Waals surface area (Å²) in [6, 6.07) is 8.06. The zero-order valence-electron chi connectivity index (χ0n) is 15.5. The lowest BCUT2D eigenvalue weighted by atomic mass is 9.97. The lowest BCUT2D eigenvalue weighted by Crippen LogP contribution is -2.33. The minimum Gasteiger partial charge on any atom is -0.493 e. The highest BCUT2D eigenvalue weighted by molar-refractivity contribution is 5.96. The van der Waals surface area contributed by atoms with Gasteiger partial charge in [0, 0.05) is 12.2 Å². The van der Waals surface area contributed by atoms with E-state index in [1.54, 1.807) is 11.6 Å². The fourth-order valence-electron chi connectivity index (χ4n) is 3.55. The van der Waals surface area contributed by atoms with Crippen molar-refractivity contribution in [3.63, 3.8) is 0 Å². The van der Waals surface area contributed by atoms with Crippen molar-refractivity contribution in [1.29, 1.82) is 0 Å². The lowest BCUT2D eigenvalue weighted by molar-refractivity contribution is -0.122. The number of aromatic nitrogens is 2. The summed E-state index contributed by atoms with van der Waals surface area (Å²) >= 11 is 0. The van der Waals surface area contributed by atoms with Crippen LogP contribution < -0.4 is 10.1 Å². The number of Topliss-reactive ketones (excluding diaryl/α,β-unsaturated/α-hetero) is 1. The number of fused-ring (bicyclic) bond motifs is 1. The van der Waals surface area contributed by atoms with Crippen molar-refractivity contribution in [2.24, 2.45) is 5.92 Å². The molecule has 3 rings (SSSR count). The molecule has 0 radical (unpaired) electrons. The first-order valence-electron chi connectivity index (χ1n) is 8.98. The molecule has 2 aromatic rings. The van der Waals surface area contributed by atoms with Crippen LogP contribution in [0.1, 0.15) is 40.7 Å². The fourth-order valence-corrected chi connectivity index (χ4v) is 3.55. The van der Waals surface area contributed by atoms with Crippen LogP contribution >= 0.6 is 0 Å². The zero-order valence-corrected chi connectivity index (χ0v) is 15.5. The van der Waals surface area contributed by atoms with Gasteiger partial charge in [0.05, 0.1) is 17.9 Å². The molecule has 1 unspecified atom stereocenters. The zero-order chi connectivity index (χ0) is 18.7. The monoisotopic (exact) mass is 355 g/mol. The van der Waals surface area contributed by atoms with Crippen molar-refractivity contribution in [2.75, 3.05) is 13.2 Å². The van der Waals surface area contributed by atoms with E-state index in [4.69, 9.17) is 4.74 Å². The first-order chi connectivity index (χ1) is 12.5. The highest BCUT2D eigenvalue weighted by Gasteiger charge is 2.20. The molecule has 0 saturated heterocycles. The van der Waals surface area contributed by atoms with Crippen LogP contribution in [-0.2, 0) is 17.8 Å². The third-order valence-corrected chi connectivity index (χ3v) is 4.88. The van der Waals surface area contributed by atoms with Gasteiger partial charge in [-0.05, 0) is 51.2 Å². The molecule has 1 aromatic carbocycles. The van der Waals surface area contributed by atoms with Crippen LogP contribution in [0.2, 0.25) is 0 Å². The maximum absolute atomic E-state index is 12.3. The van der Waals surface area contributed by atoms with E-state index in [1.807, 2.05) is 25.1 Å². The Kier molecular flexibility index (Phi) is 5.40. The van der Waals surface area contributed by atoms with E-state index in [0.29, 0.717) is 30.3 Å². The predicted octanol–water partition coefficient (Wildman–Crippen LogP) is 2.46. The third-order valence-electron chi connectivity index (χ3n) is 4.88. The van der Waals surface area contributed by atoms with Gasteiger partial charge in [-0.2, -0.15) is 5.10 Å². The fraction of sp³-hybridized carbons (Fsp3) is 0.450. The average molecular weight is 355 g/mol. The summed E-state index contributed by atoms with van der Waals surface area (Å²) in [7, 11) is 0. The Bertz CT molecular complexity index is 826. The van der Waals surface area contributed by atoms with Crippen molar-refractivity contribution in [2.45, 2.75) is 40.2 Å². The number of benzene rings is 1. The summed E-state index contributed by atoms with van der Waals surface area (Å²) in [5.41, 5.74) is 3.20. The number of carbonyl (C=O) groups is 2. The number of rotatable bonds is 5. The Morgan fingerprint density at radius 1 is 1.31 bits per heavy atom. The molecule has 0 fully saturated rings. The van der Waals surface area contributed by atoms with Crippen LogP contribution in [0.5, 0.6) is 5.75 Å². The highest BCUT2D eigenvalue weighted by Crippen LogP contribution is 2.26. The van der Waals surface area contributed by atoms with Crippen molar-refractivity contribution in [3.05, 3.63) is 46.8 Å². The maximum atomic E-state index is 12.3. The summed E-state index contributed by atoms with van der Waals surface area (Å²) in [4.78, 5) is 24.0. The molecule has 6 heteroatoms. The number of ether oxygens (including phenoxy) is 1. The molecule has 0 bridgehead atoms. The number of hydrogen-bond donors (Lipinski definition) is 1. The molecular weight excluding hydrogens is 330 g/mol. The van der Waals surface area contributed by atoms with Crippen LogP contribution in [0.3, 0.4) is 0 Å². The number of para-hydroxylation sites is 1. The van der Waals surface area contributed by atoms with E-state index in [0.717, 1.165) is 24.3 Å². The molecule has 0 aliphatic carbocycles. The number of hydrogen-bond acceptors (Lipinski definition) is 4. The van der Waals surface area contributed by atoms with Gasteiger partial charge in [-0.15, -0.1) is 0 Å². The Morgan fingerprint density at radius 2 is 2.08 bits per heavy atom. The molecule has 2 heterocycles. The molecule has 1 aliphatic heterocycles. The van der Waals surface area contributed by atoms with Gasteiger partial charge < -0.3 is 10.1 Å². The van der Waals surface area contributed by atoms with E-state index in [2.05, 4.69) is 16.5 Å². The second-order valence-electron chi connectivity index (χ2n) is 6.88. The molecule has 6 nitrogen and oxygen atoms in total. The molecule has 1 aromatic heterocycles.